The lowest BCUT2D eigenvalue weighted by atomic mass is 9.79. The van der Waals surface area contributed by atoms with Gasteiger partial charge >= 0.3 is 5.97 Å². The van der Waals surface area contributed by atoms with Crippen molar-refractivity contribution in [1.82, 2.24) is 4.98 Å². The van der Waals surface area contributed by atoms with Crippen LogP contribution in [-0.4, -0.2) is 34.2 Å². The van der Waals surface area contributed by atoms with Gasteiger partial charge in [0.2, 0.25) is 5.91 Å². The van der Waals surface area contributed by atoms with Crippen LogP contribution in [0.2, 0.25) is 0 Å². The van der Waals surface area contributed by atoms with Crippen molar-refractivity contribution in [2.24, 2.45) is 11.8 Å². The second kappa shape index (κ2) is 6.48. The molecule has 4 atom stereocenters. The lowest BCUT2D eigenvalue weighted by molar-refractivity contribution is -0.147. The van der Waals surface area contributed by atoms with Gasteiger partial charge in [-0.25, -0.2) is 4.98 Å². The molecule has 1 aromatic carbocycles. The van der Waals surface area contributed by atoms with Gasteiger partial charge in [0.25, 0.3) is 0 Å². The van der Waals surface area contributed by atoms with E-state index in [1.54, 1.807) is 0 Å². The Bertz CT molecular complexity index is 861. The maximum absolute atomic E-state index is 12.7. The molecule has 0 radical (unpaired) electrons. The number of aromatic nitrogens is 1. The van der Waals surface area contributed by atoms with Crippen molar-refractivity contribution in [3.05, 3.63) is 34.7 Å². The largest absolute Gasteiger partial charge is 0.481 e. The molecule has 0 aliphatic carbocycles. The monoisotopic (exact) mass is 372 g/mol. The molecule has 4 rings (SSSR count). The molecule has 0 unspecified atom stereocenters. The first kappa shape index (κ1) is 17.2. The Morgan fingerprint density at radius 3 is 2.46 bits per heavy atom. The number of aryl methyl sites for hydroxylation is 2. The average Bonchev–Trinajstić information content (AvgIpc) is 3.29. The smallest absolute Gasteiger partial charge is 0.310 e. The Kier molecular flexibility index (Phi) is 4.28. The number of thiazole rings is 1. The van der Waals surface area contributed by atoms with Crippen molar-refractivity contribution in [1.29, 1.82) is 0 Å². The molecular weight excluding hydrogens is 352 g/mol. The van der Waals surface area contributed by atoms with Gasteiger partial charge in [-0.05, 0) is 26.7 Å². The number of benzene rings is 1. The number of fused-ring (bicyclic) bond motifs is 2. The van der Waals surface area contributed by atoms with Crippen LogP contribution in [0, 0.1) is 25.7 Å². The van der Waals surface area contributed by atoms with Crippen molar-refractivity contribution >= 4 is 28.3 Å². The Balaban J connectivity index is 1.54. The van der Waals surface area contributed by atoms with Crippen molar-refractivity contribution in [3.63, 3.8) is 0 Å². The lowest BCUT2D eigenvalue weighted by Crippen LogP contribution is -2.40. The highest BCUT2D eigenvalue weighted by Crippen LogP contribution is 2.44. The zero-order chi connectivity index (χ0) is 18.4. The fourth-order valence-corrected chi connectivity index (χ4v) is 4.78. The van der Waals surface area contributed by atoms with E-state index in [-0.39, 0.29) is 18.1 Å². The molecule has 0 saturated carbocycles. The van der Waals surface area contributed by atoms with Crippen molar-refractivity contribution in [2.45, 2.75) is 38.9 Å². The Labute approximate surface area is 155 Å². The van der Waals surface area contributed by atoms with E-state index in [0.29, 0.717) is 11.6 Å². The van der Waals surface area contributed by atoms with Gasteiger partial charge in [0.1, 0.15) is 0 Å². The second-order valence-electron chi connectivity index (χ2n) is 6.96. The number of hydrogen-bond acceptors (Lipinski definition) is 5. The van der Waals surface area contributed by atoms with E-state index in [9.17, 15) is 14.7 Å². The molecule has 1 aromatic heterocycles. The van der Waals surface area contributed by atoms with E-state index >= 15 is 0 Å². The molecule has 3 heterocycles. The molecule has 2 bridgehead atoms. The summed E-state index contributed by atoms with van der Waals surface area (Å²) >= 11 is 1.40. The molecule has 2 fully saturated rings. The molecule has 2 saturated heterocycles. The zero-order valence-corrected chi connectivity index (χ0v) is 15.4. The number of rotatable bonds is 4. The molecule has 7 heteroatoms. The summed E-state index contributed by atoms with van der Waals surface area (Å²) in [5, 5.41) is 12.8. The summed E-state index contributed by atoms with van der Waals surface area (Å²) in [6.07, 6.45) is 0.783. The predicted molar refractivity (Wildman–Crippen MR) is 98.2 cm³/mol. The van der Waals surface area contributed by atoms with Crippen molar-refractivity contribution in [3.8, 4) is 11.3 Å². The number of nitrogens with zero attached hydrogens (tertiary/aromatic N) is 1. The van der Waals surface area contributed by atoms with E-state index in [2.05, 4.69) is 10.3 Å². The minimum atomic E-state index is -0.965. The number of carboxylic acids is 1. The molecular formula is C19H20N2O4S. The van der Waals surface area contributed by atoms with Gasteiger partial charge in [-0.1, -0.05) is 29.8 Å². The minimum Gasteiger partial charge on any atom is -0.481 e. The van der Waals surface area contributed by atoms with Gasteiger partial charge in [-0.2, -0.15) is 0 Å². The molecule has 1 amide bonds. The Morgan fingerprint density at radius 1 is 1.15 bits per heavy atom. The van der Waals surface area contributed by atoms with Gasteiger partial charge in [0, 0.05) is 10.4 Å². The summed E-state index contributed by atoms with van der Waals surface area (Å²) in [6.45, 7) is 3.99. The van der Waals surface area contributed by atoms with Crippen LogP contribution in [0.4, 0.5) is 5.13 Å². The highest BCUT2D eigenvalue weighted by molar-refractivity contribution is 7.16. The first-order chi connectivity index (χ1) is 12.4. The number of carboxylic acid groups (broad SMARTS) is 1. The summed E-state index contributed by atoms with van der Waals surface area (Å²) in [5.41, 5.74) is 3.01. The quantitative estimate of drug-likeness (QED) is 0.860. The van der Waals surface area contributed by atoms with E-state index < -0.39 is 17.8 Å². The van der Waals surface area contributed by atoms with Crippen molar-refractivity contribution < 1.29 is 19.4 Å². The highest BCUT2D eigenvalue weighted by Gasteiger charge is 2.55. The summed E-state index contributed by atoms with van der Waals surface area (Å²) < 4.78 is 5.67. The fraction of sp³-hybridized carbons (Fsp3) is 0.421. The van der Waals surface area contributed by atoms with Crippen LogP contribution in [0.3, 0.4) is 0 Å². The van der Waals surface area contributed by atoms with Crippen LogP contribution < -0.4 is 5.32 Å². The summed E-state index contributed by atoms with van der Waals surface area (Å²) in [5.74, 6) is -2.70. The molecule has 0 spiro atoms. The number of hydrogen-bond donors (Lipinski definition) is 2. The van der Waals surface area contributed by atoms with Crippen LogP contribution in [0.5, 0.6) is 0 Å². The number of aliphatic carboxylic acids is 1. The number of carbonyl (C=O) groups is 2. The van der Waals surface area contributed by atoms with Gasteiger partial charge in [-0.15, -0.1) is 11.3 Å². The van der Waals surface area contributed by atoms with Gasteiger partial charge in [0.05, 0.1) is 29.7 Å². The third-order valence-electron chi connectivity index (χ3n) is 5.21. The fourth-order valence-electron chi connectivity index (χ4n) is 3.94. The number of amides is 1. The van der Waals surface area contributed by atoms with Crippen LogP contribution in [-0.2, 0) is 14.3 Å². The van der Waals surface area contributed by atoms with E-state index in [4.69, 9.17) is 4.74 Å². The second-order valence-corrected chi connectivity index (χ2v) is 8.16. The summed E-state index contributed by atoms with van der Waals surface area (Å²) in [7, 11) is 0. The SMILES string of the molecule is Cc1ccc(-c2nc(NC(=O)[C@H]3[C@@H](C(=O)O)[C@@H]4CC[C@@H]3O4)sc2C)cc1. The molecule has 2 N–H and O–H groups in total. The molecule has 2 aliphatic heterocycles. The standard InChI is InChI=1S/C19H20N2O4S/c1-9-3-5-11(6-4-9)16-10(2)26-19(20-16)21-17(22)14-12-7-8-13(25-12)15(14)18(23)24/h3-6,12-15H,7-8H2,1-2H3,(H,23,24)(H,20,21,22)/t12-,13-,14+,15-/m0/s1. The van der Waals surface area contributed by atoms with Crippen molar-refractivity contribution in [2.75, 3.05) is 5.32 Å². The van der Waals surface area contributed by atoms with Crippen LogP contribution >= 0.6 is 11.3 Å². The maximum atomic E-state index is 12.7. The van der Waals surface area contributed by atoms with Crippen LogP contribution in [0.1, 0.15) is 23.3 Å². The minimum absolute atomic E-state index is 0.307. The zero-order valence-electron chi connectivity index (χ0n) is 14.6. The number of nitrogens with one attached hydrogen (secondary N) is 1. The van der Waals surface area contributed by atoms with Crippen LogP contribution in [0.15, 0.2) is 24.3 Å². The van der Waals surface area contributed by atoms with E-state index in [0.717, 1.165) is 22.6 Å². The van der Waals surface area contributed by atoms with E-state index in [1.807, 2.05) is 38.1 Å². The Morgan fingerprint density at radius 2 is 1.81 bits per heavy atom. The molecule has 26 heavy (non-hydrogen) atoms. The third-order valence-corrected chi connectivity index (χ3v) is 6.10. The van der Waals surface area contributed by atoms with Gasteiger partial charge < -0.3 is 15.2 Å². The molecule has 2 aromatic rings. The third kappa shape index (κ3) is 2.91. The highest BCUT2D eigenvalue weighted by atomic mass is 32.1. The Hall–Kier alpha value is -2.25. The normalized spacial score (nSPS) is 26.8. The first-order valence-electron chi connectivity index (χ1n) is 8.67. The lowest BCUT2D eigenvalue weighted by Gasteiger charge is -2.23. The predicted octanol–water partition coefficient (Wildman–Crippen LogP) is 3.24. The summed E-state index contributed by atoms with van der Waals surface area (Å²) in [4.78, 5) is 29.8. The van der Waals surface area contributed by atoms with E-state index in [1.165, 1.54) is 16.9 Å². The number of anilines is 1. The van der Waals surface area contributed by atoms with Gasteiger partial charge in [-0.3, -0.25) is 9.59 Å². The molecule has 136 valence electrons. The number of carbonyl (C=O) groups excluding carboxylic acids is 1. The number of ether oxygens (including phenoxy) is 1. The average molecular weight is 372 g/mol. The topological polar surface area (TPSA) is 88.5 Å². The molecule has 6 nitrogen and oxygen atoms in total. The maximum Gasteiger partial charge on any atom is 0.310 e. The summed E-state index contributed by atoms with van der Waals surface area (Å²) in [6, 6.07) is 8.06. The van der Waals surface area contributed by atoms with Crippen LogP contribution in [0.25, 0.3) is 11.3 Å². The molecule has 2 aliphatic rings. The first-order valence-corrected chi connectivity index (χ1v) is 9.49. The van der Waals surface area contributed by atoms with Gasteiger partial charge in [0.15, 0.2) is 5.13 Å².